The van der Waals surface area contributed by atoms with E-state index in [1.807, 2.05) is 0 Å². The van der Waals surface area contributed by atoms with E-state index in [1.54, 1.807) is 6.07 Å². The number of rotatable bonds is 8. The monoisotopic (exact) mass is 254 g/mol. The molecule has 0 radical (unpaired) electrons. The van der Waals surface area contributed by atoms with Crippen LogP contribution in [0.15, 0.2) is 16.5 Å². The summed E-state index contributed by atoms with van der Waals surface area (Å²) in [6.07, 6.45) is 1.06. The van der Waals surface area contributed by atoms with Crippen LogP contribution >= 0.6 is 0 Å². The Kier molecular flexibility index (Phi) is 5.88. The largest absolute Gasteiger partial charge is 0.475 e. The average Bonchev–Trinajstić information content (AvgIpc) is 2.77. The first-order valence-electron chi connectivity index (χ1n) is 6.23. The lowest BCUT2D eigenvalue weighted by Gasteiger charge is -2.20. The van der Waals surface area contributed by atoms with Gasteiger partial charge in [0.15, 0.2) is 0 Å². The summed E-state index contributed by atoms with van der Waals surface area (Å²) in [7, 11) is 2.11. The van der Waals surface area contributed by atoms with Gasteiger partial charge in [-0.15, -0.1) is 0 Å². The maximum absolute atomic E-state index is 10.6. The summed E-state index contributed by atoms with van der Waals surface area (Å²) in [5.74, 6) is -0.379. The number of nitrogens with one attached hydrogen (secondary N) is 1. The quantitative estimate of drug-likeness (QED) is 0.692. The lowest BCUT2D eigenvalue weighted by Crippen LogP contribution is -2.29. The molecule has 0 aliphatic carbocycles. The van der Waals surface area contributed by atoms with Crippen molar-refractivity contribution in [3.63, 3.8) is 0 Å². The Bertz CT molecular complexity index is 374. The molecule has 0 saturated carbocycles. The first-order valence-corrected chi connectivity index (χ1v) is 6.23. The maximum Gasteiger partial charge on any atom is 0.371 e. The van der Waals surface area contributed by atoms with Gasteiger partial charge in [-0.05, 0) is 52.5 Å². The molecule has 0 atom stereocenters. The summed E-state index contributed by atoms with van der Waals surface area (Å²) in [5.41, 5.74) is 0. The van der Waals surface area contributed by atoms with E-state index in [1.165, 1.54) is 6.07 Å². The summed E-state index contributed by atoms with van der Waals surface area (Å²) in [6, 6.07) is 3.73. The fourth-order valence-electron chi connectivity index (χ4n) is 1.51. The Morgan fingerprint density at radius 2 is 2.22 bits per heavy atom. The summed E-state index contributed by atoms with van der Waals surface area (Å²) in [4.78, 5) is 12.9. The molecule has 0 aromatic carbocycles. The molecule has 1 rings (SSSR count). The highest BCUT2D eigenvalue weighted by atomic mass is 16.4. The minimum absolute atomic E-state index is 0.00802. The van der Waals surface area contributed by atoms with Crippen LogP contribution in [0.25, 0.3) is 0 Å². The van der Waals surface area contributed by atoms with Crippen molar-refractivity contribution >= 4 is 5.97 Å². The third-order valence-electron chi connectivity index (χ3n) is 2.92. The van der Waals surface area contributed by atoms with Crippen LogP contribution in [0, 0.1) is 0 Å². The van der Waals surface area contributed by atoms with Gasteiger partial charge in [0.2, 0.25) is 5.76 Å². The highest BCUT2D eigenvalue weighted by Gasteiger charge is 2.08. The van der Waals surface area contributed by atoms with E-state index in [2.05, 4.69) is 31.1 Å². The van der Waals surface area contributed by atoms with Crippen molar-refractivity contribution in [3.8, 4) is 0 Å². The molecule has 0 spiro atoms. The minimum atomic E-state index is -1.03. The Morgan fingerprint density at radius 3 is 2.78 bits per heavy atom. The third-order valence-corrected chi connectivity index (χ3v) is 2.92. The lowest BCUT2D eigenvalue weighted by molar-refractivity contribution is 0.0660. The highest BCUT2D eigenvalue weighted by Crippen LogP contribution is 2.07. The van der Waals surface area contributed by atoms with E-state index in [-0.39, 0.29) is 5.76 Å². The molecule has 18 heavy (non-hydrogen) atoms. The number of carboxylic acids is 1. The second-order valence-electron chi connectivity index (χ2n) is 4.68. The molecule has 0 bridgehead atoms. The zero-order valence-electron chi connectivity index (χ0n) is 11.3. The Morgan fingerprint density at radius 1 is 1.50 bits per heavy atom. The maximum atomic E-state index is 10.6. The molecular weight excluding hydrogens is 232 g/mol. The average molecular weight is 254 g/mol. The van der Waals surface area contributed by atoms with E-state index < -0.39 is 5.97 Å². The van der Waals surface area contributed by atoms with E-state index in [0.717, 1.165) is 19.5 Å². The first-order chi connectivity index (χ1) is 8.50. The normalized spacial score (nSPS) is 11.4. The SMILES string of the molecule is CC(C)N(C)CCCNCc1ccc(C(=O)O)o1. The van der Waals surface area contributed by atoms with Gasteiger partial charge in [0.05, 0.1) is 6.54 Å². The Hall–Kier alpha value is -1.33. The number of carbonyl (C=O) groups is 1. The third kappa shape index (κ3) is 4.89. The summed E-state index contributed by atoms with van der Waals surface area (Å²) >= 11 is 0. The molecule has 5 heteroatoms. The Balaban J connectivity index is 2.16. The van der Waals surface area contributed by atoms with Crippen molar-refractivity contribution in [2.45, 2.75) is 32.9 Å². The van der Waals surface area contributed by atoms with Crippen molar-refractivity contribution in [1.29, 1.82) is 0 Å². The molecular formula is C13H22N2O3. The van der Waals surface area contributed by atoms with Gasteiger partial charge < -0.3 is 19.7 Å². The fourth-order valence-corrected chi connectivity index (χ4v) is 1.51. The molecule has 0 unspecified atom stereocenters. The van der Waals surface area contributed by atoms with Crippen LogP contribution in [0.5, 0.6) is 0 Å². The molecule has 0 fully saturated rings. The van der Waals surface area contributed by atoms with Crippen LogP contribution in [0.3, 0.4) is 0 Å². The topological polar surface area (TPSA) is 65.7 Å². The molecule has 102 valence electrons. The second-order valence-corrected chi connectivity index (χ2v) is 4.68. The van der Waals surface area contributed by atoms with E-state index in [4.69, 9.17) is 9.52 Å². The molecule has 5 nitrogen and oxygen atoms in total. The molecule has 0 saturated heterocycles. The van der Waals surface area contributed by atoms with E-state index in [9.17, 15) is 4.79 Å². The zero-order chi connectivity index (χ0) is 13.5. The van der Waals surface area contributed by atoms with E-state index in [0.29, 0.717) is 18.3 Å². The van der Waals surface area contributed by atoms with Gasteiger partial charge >= 0.3 is 5.97 Å². The van der Waals surface area contributed by atoms with Crippen LogP contribution < -0.4 is 5.32 Å². The standard InChI is InChI=1S/C13H22N2O3/c1-10(2)15(3)8-4-7-14-9-11-5-6-12(18-11)13(16)17/h5-6,10,14H,4,7-9H2,1-3H3,(H,16,17). The summed E-state index contributed by atoms with van der Waals surface area (Å²) in [6.45, 7) is 6.84. The van der Waals surface area contributed by atoms with Crippen LogP contribution in [0.2, 0.25) is 0 Å². The second kappa shape index (κ2) is 7.18. The van der Waals surface area contributed by atoms with Crippen molar-refractivity contribution in [2.75, 3.05) is 20.1 Å². The predicted molar refractivity (Wildman–Crippen MR) is 69.8 cm³/mol. The predicted octanol–water partition coefficient (Wildman–Crippen LogP) is 1.80. The van der Waals surface area contributed by atoms with Gasteiger partial charge in [0, 0.05) is 6.04 Å². The molecule has 1 heterocycles. The molecule has 1 aromatic rings. The van der Waals surface area contributed by atoms with Crippen molar-refractivity contribution in [3.05, 3.63) is 23.7 Å². The van der Waals surface area contributed by atoms with Crippen LogP contribution in [0.4, 0.5) is 0 Å². The highest BCUT2D eigenvalue weighted by molar-refractivity contribution is 5.84. The van der Waals surface area contributed by atoms with Gasteiger partial charge in [-0.25, -0.2) is 4.79 Å². The number of carboxylic acid groups (broad SMARTS) is 1. The summed E-state index contributed by atoms with van der Waals surface area (Å²) in [5, 5.41) is 11.9. The summed E-state index contributed by atoms with van der Waals surface area (Å²) < 4.78 is 5.14. The Labute approximate surface area is 108 Å². The van der Waals surface area contributed by atoms with Gasteiger partial charge in [-0.2, -0.15) is 0 Å². The number of hydrogen-bond donors (Lipinski definition) is 2. The molecule has 0 amide bonds. The van der Waals surface area contributed by atoms with Crippen LogP contribution in [-0.2, 0) is 6.54 Å². The lowest BCUT2D eigenvalue weighted by atomic mass is 10.3. The van der Waals surface area contributed by atoms with Gasteiger partial charge in [0.25, 0.3) is 0 Å². The molecule has 0 aliphatic heterocycles. The van der Waals surface area contributed by atoms with Crippen LogP contribution in [-0.4, -0.2) is 42.2 Å². The van der Waals surface area contributed by atoms with E-state index >= 15 is 0 Å². The van der Waals surface area contributed by atoms with Gasteiger partial charge in [0.1, 0.15) is 5.76 Å². The number of nitrogens with zero attached hydrogens (tertiary/aromatic N) is 1. The number of hydrogen-bond acceptors (Lipinski definition) is 4. The van der Waals surface area contributed by atoms with Crippen molar-refractivity contribution < 1.29 is 14.3 Å². The number of aromatic carboxylic acids is 1. The smallest absolute Gasteiger partial charge is 0.371 e. The van der Waals surface area contributed by atoms with Crippen molar-refractivity contribution in [1.82, 2.24) is 10.2 Å². The minimum Gasteiger partial charge on any atom is -0.475 e. The number of furan rings is 1. The van der Waals surface area contributed by atoms with Gasteiger partial charge in [-0.3, -0.25) is 0 Å². The molecule has 1 aromatic heterocycles. The zero-order valence-corrected chi connectivity index (χ0v) is 11.3. The van der Waals surface area contributed by atoms with Crippen molar-refractivity contribution in [2.24, 2.45) is 0 Å². The van der Waals surface area contributed by atoms with Crippen LogP contribution in [0.1, 0.15) is 36.6 Å². The first kappa shape index (κ1) is 14.7. The molecule has 0 aliphatic rings. The fraction of sp³-hybridized carbons (Fsp3) is 0.615. The van der Waals surface area contributed by atoms with Gasteiger partial charge in [-0.1, -0.05) is 0 Å². The molecule has 2 N–H and O–H groups in total.